The molecule has 3 atom stereocenters. The van der Waals surface area contributed by atoms with E-state index in [9.17, 15) is 9.59 Å². The molecule has 10 heterocycles. The number of carbonyl (C=O) groups is 2. The van der Waals surface area contributed by atoms with Gasteiger partial charge in [-0.3, -0.25) is 14.5 Å². The number of fused-ring (bicyclic) bond motifs is 4. The van der Waals surface area contributed by atoms with E-state index in [4.69, 9.17) is 4.98 Å². The standard InChI is InChI=1S/C60H64F4N14O2/c1-33(2)77-35(5)21-43-45(61)23-40(25-50(43)77)56-54(64)48(68-60(72-56)70-53-13-11-37(29-66-53)58(80)76-20-15-49-38(31-76)14-19-73(49)6)27-42-26-44-46(62)22-39(24-51(44)78(42)34(3)4)55-47(63)30-67-59(71-55)69-52-12-10-36(28-65-52)57(79)75-18-8-17-74-16-7-9-41(74)32-75/h10-13,21-26,28-30,33-34,38,41,49H,7-9,14-20,27,31-32H2,1-6H3,(H,65,67,69,71)(H,66,68,70,72). The number of rotatable bonds is 12. The van der Waals surface area contributed by atoms with Gasteiger partial charge in [-0.15, -0.1) is 0 Å². The van der Waals surface area contributed by atoms with Crippen LogP contribution in [0, 0.1) is 36.1 Å². The van der Waals surface area contributed by atoms with E-state index in [1.165, 1.54) is 24.5 Å². The Kier molecular flexibility index (Phi) is 14.1. The Balaban J connectivity index is 0.847. The summed E-state index contributed by atoms with van der Waals surface area (Å²) >= 11 is 0. The second-order valence-electron chi connectivity index (χ2n) is 22.5. The molecule has 8 aromatic rings. The summed E-state index contributed by atoms with van der Waals surface area (Å²) in [5.74, 6) is -1.98. The summed E-state index contributed by atoms with van der Waals surface area (Å²) in [6.45, 7) is 15.5. The largest absolute Gasteiger partial charge is 0.342 e. The van der Waals surface area contributed by atoms with Crippen LogP contribution in [0.4, 0.5) is 41.1 Å². The minimum Gasteiger partial charge on any atom is -0.342 e. The number of pyridine rings is 2. The molecule has 2 aromatic carbocycles. The number of amides is 2. The van der Waals surface area contributed by atoms with Crippen LogP contribution in [0.3, 0.4) is 0 Å². The number of carbonyl (C=O) groups excluding carboxylic acids is 2. The van der Waals surface area contributed by atoms with Crippen molar-refractivity contribution >= 4 is 57.2 Å². The molecule has 4 fully saturated rings. The SMILES string of the molecule is Cc1cc2c(F)cc(-c3nc(Nc4ccc(C(=O)N5CCC6C(CCN6C)C5)cn4)nc(Cc4cc5c(F)cc(-c6nc(Nc7ccc(C(=O)N8CCCN9CCCC9C8)cn7)ncc6F)cc5n4C(C)C)c3F)cc2n1C(C)C. The third kappa shape index (κ3) is 10.0. The Morgan fingerprint density at radius 2 is 1.25 bits per heavy atom. The normalized spacial score (nSPS) is 18.9. The molecule has 0 bridgehead atoms. The third-order valence-electron chi connectivity index (χ3n) is 16.7. The predicted molar refractivity (Wildman–Crippen MR) is 299 cm³/mol. The molecule has 12 rings (SSSR count). The number of aryl methyl sites for hydroxylation is 1. The maximum absolute atomic E-state index is 17.4. The van der Waals surface area contributed by atoms with Crippen LogP contribution in [0.25, 0.3) is 44.3 Å². The summed E-state index contributed by atoms with van der Waals surface area (Å²) in [6, 6.07) is 16.4. The Morgan fingerprint density at radius 3 is 1.93 bits per heavy atom. The van der Waals surface area contributed by atoms with E-state index in [1.807, 2.05) is 53.6 Å². The molecule has 2 N–H and O–H groups in total. The average Bonchev–Trinajstić information content (AvgIpc) is 4.39. The van der Waals surface area contributed by atoms with Crippen molar-refractivity contribution in [2.75, 3.05) is 63.5 Å². The molecule has 16 nitrogen and oxygen atoms in total. The molecule has 0 aliphatic carbocycles. The van der Waals surface area contributed by atoms with Crippen molar-refractivity contribution in [3.63, 3.8) is 0 Å². The topological polar surface area (TPSA) is 158 Å². The lowest BCUT2D eigenvalue weighted by Gasteiger charge is -2.37. The van der Waals surface area contributed by atoms with Gasteiger partial charge in [0.15, 0.2) is 11.6 Å². The van der Waals surface area contributed by atoms with Crippen molar-refractivity contribution in [2.45, 2.75) is 97.3 Å². The molecule has 4 aliphatic heterocycles. The maximum Gasteiger partial charge on any atom is 0.255 e. The Morgan fingerprint density at radius 1 is 0.625 bits per heavy atom. The quantitative estimate of drug-likeness (QED) is 0.112. The highest BCUT2D eigenvalue weighted by Crippen LogP contribution is 2.37. The minimum atomic E-state index is -0.807. The first-order valence-electron chi connectivity index (χ1n) is 27.8. The van der Waals surface area contributed by atoms with Gasteiger partial charge in [-0.05, 0) is 153 Å². The van der Waals surface area contributed by atoms with Crippen molar-refractivity contribution in [1.82, 2.24) is 58.6 Å². The van der Waals surface area contributed by atoms with Crippen molar-refractivity contribution in [3.05, 3.63) is 131 Å². The monoisotopic (exact) mass is 1090 g/mol. The predicted octanol–water partition coefficient (Wildman–Crippen LogP) is 10.9. The van der Waals surface area contributed by atoms with E-state index in [1.54, 1.807) is 48.5 Å². The molecular formula is C60H64F4N14O2. The van der Waals surface area contributed by atoms with Crippen LogP contribution in [0.15, 0.2) is 79.3 Å². The smallest absolute Gasteiger partial charge is 0.255 e. The van der Waals surface area contributed by atoms with Gasteiger partial charge in [0.05, 0.1) is 34.1 Å². The van der Waals surface area contributed by atoms with Crippen molar-refractivity contribution in [1.29, 1.82) is 0 Å². The molecule has 0 radical (unpaired) electrons. The van der Waals surface area contributed by atoms with E-state index in [-0.39, 0.29) is 81.6 Å². The fourth-order valence-electron chi connectivity index (χ4n) is 12.9. The molecule has 3 unspecified atom stereocenters. The number of piperidine rings is 1. The summed E-state index contributed by atoms with van der Waals surface area (Å²) in [5, 5.41) is 6.71. The van der Waals surface area contributed by atoms with E-state index < -0.39 is 23.3 Å². The second kappa shape index (κ2) is 21.3. The van der Waals surface area contributed by atoms with Crippen molar-refractivity contribution < 1.29 is 27.2 Å². The number of anilines is 4. The van der Waals surface area contributed by atoms with Crippen LogP contribution in [-0.4, -0.2) is 135 Å². The van der Waals surface area contributed by atoms with Gasteiger partial charge in [-0.2, -0.15) is 0 Å². The van der Waals surface area contributed by atoms with Crippen LogP contribution in [0.2, 0.25) is 0 Å². The van der Waals surface area contributed by atoms with Crippen LogP contribution >= 0.6 is 0 Å². The van der Waals surface area contributed by atoms with Gasteiger partial charge < -0.3 is 34.5 Å². The fraction of sp³-hybridized carbons (Fsp3) is 0.400. The van der Waals surface area contributed by atoms with Gasteiger partial charge in [0.25, 0.3) is 11.8 Å². The Bertz CT molecular complexity index is 3700. The summed E-state index contributed by atoms with van der Waals surface area (Å²) in [4.78, 5) is 62.9. The molecule has 20 heteroatoms. The number of hydrogen-bond acceptors (Lipinski definition) is 12. The third-order valence-corrected chi connectivity index (χ3v) is 16.7. The van der Waals surface area contributed by atoms with E-state index in [2.05, 4.69) is 52.4 Å². The maximum atomic E-state index is 17.4. The van der Waals surface area contributed by atoms with Gasteiger partial charge in [-0.25, -0.2) is 47.5 Å². The van der Waals surface area contributed by atoms with Gasteiger partial charge in [0.2, 0.25) is 11.9 Å². The minimum absolute atomic E-state index is 0.000504. The van der Waals surface area contributed by atoms with Gasteiger partial charge in [-0.1, -0.05) is 0 Å². The number of aromatic nitrogens is 8. The molecule has 0 spiro atoms. The zero-order valence-electron chi connectivity index (χ0n) is 45.8. The Hall–Kier alpha value is -7.84. The lowest BCUT2D eigenvalue weighted by Crippen LogP contribution is -2.47. The highest BCUT2D eigenvalue weighted by Gasteiger charge is 2.38. The second-order valence-corrected chi connectivity index (χ2v) is 22.5. The van der Waals surface area contributed by atoms with Crippen LogP contribution in [0.5, 0.6) is 0 Å². The first-order chi connectivity index (χ1) is 38.5. The highest BCUT2D eigenvalue weighted by molar-refractivity contribution is 5.95. The zero-order chi connectivity index (χ0) is 55.7. The molecule has 80 heavy (non-hydrogen) atoms. The summed E-state index contributed by atoms with van der Waals surface area (Å²) in [6.07, 6.45) is 8.96. The van der Waals surface area contributed by atoms with Crippen molar-refractivity contribution in [3.8, 4) is 22.5 Å². The van der Waals surface area contributed by atoms with Crippen LogP contribution in [0.1, 0.15) is 110 Å². The van der Waals surface area contributed by atoms with Crippen LogP contribution in [-0.2, 0) is 6.42 Å². The fourth-order valence-corrected chi connectivity index (χ4v) is 12.9. The molecule has 0 saturated carbocycles. The number of nitrogens with one attached hydrogen (secondary N) is 2. The summed E-state index contributed by atoms with van der Waals surface area (Å²) < 4.78 is 69.8. The van der Waals surface area contributed by atoms with Crippen LogP contribution < -0.4 is 10.6 Å². The van der Waals surface area contributed by atoms with Gasteiger partial charge >= 0.3 is 0 Å². The molecular weight excluding hydrogens is 1020 g/mol. The van der Waals surface area contributed by atoms with Gasteiger partial charge in [0, 0.05) is 109 Å². The molecule has 6 aromatic heterocycles. The number of hydrogen-bond donors (Lipinski definition) is 2. The molecule has 414 valence electrons. The van der Waals surface area contributed by atoms with E-state index >= 15 is 17.6 Å². The molecule has 4 saturated heterocycles. The van der Waals surface area contributed by atoms with E-state index in [0.717, 1.165) is 63.6 Å². The Labute approximate surface area is 461 Å². The number of halogens is 4. The summed E-state index contributed by atoms with van der Waals surface area (Å²) in [5.41, 5.74) is 3.07. The zero-order valence-corrected chi connectivity index (χ0v) is 45.8. The molecule has 4 aliphatic rings. The number of benzene rings is 2. The average molecular weight is 1090 g/mol. The number of nitrogens with zero attached hydrogens (tertiary/aromatic N) is 12. The lowest BCUT2D eigenvalue weighted by molar-refractivity contribution is 0.0615. The van der Waals surface area contributed by atoms with Gasteiger partial charge in [0.1, 0.15) is 34.7 Å². The summed E-state index contributed by atoms with van der Waals surface area (Å²) in [7, 11) is 2.14. The number of likely N-dealkylation sites (tertiary alicyclic amines) is 2. The highest BCUT2D eigenvalue weighted by atomic mass is 19.1. The first kappa shape index (κ1) is 52.8. The molecule has 2 amide bonds. The van der Waals surface area contributed by atoms with E-state index in [0.29, 0.717) is 83.2 Å². The lowest BCUT2D eigenvalue weighted by atomic mass is 9.92. The van der Waals surface area contributed by atoms with Crippen molar-refractivity contribution in [2.24, 2.45) is 5.92 Å². The first-order valence-corrected chi connectivity index (χ1v) is 27.8.